The molecule has 1 aromatic carbocycles. The van der Waals surface area contributed by atoms with E-state index in [0.29, 0.717) is 5.75 Å². The van der Waals surface area contributed by atoms with Gasteiger partial charge in [0, 0.05) is 31.0 Å². The summed E-state index contributed by atoms with van der Waals surface area (Å²) >= 11 is 1.44. The van der Waals surface area contributed by atoms with E-state index < -0.39 is 0 Å². The molecule has 0 spiro atoms. The molecule has 0 aliphatic carbocycles. The topological polar surface area (TPSA) is 67.8 Å². The maximum absolute atomic E-state index is 12.5. The molecule has 0 N–H and O–H groups in total. The van der Waals surface area contributed by atoms with E-state index in [1.54, 1.807) is 0 Å². The van der Waals surface area contributed by atoms with Crippen molar-refractivity contribution in [1.29, 1.82) is 0 Å². The quantitative estimate of drug-likeness (QED) is 0.486. The number of likely N-dealkylation sites (tertiary alicyclic amines) is 1. The predicted molar refractivity (Wildman–Crippen MR) is 113 cm³/mol. The maximum Gasteiger partial charge on any atom is 0.233 e. The summed E-state index contributed by atoms with van der Waals surface area (Å²) in [6.07, 6.45) is 7.24. The molecule has 4 aromatic rings. The van der Waals surface area contributed by atoms with Crippen LogP contribution in [0.15, 0.2) is 47.9 Å². The number of nitrogens with zero attached hydrogens (tertiary/aromatic N) is 6. The first-order valence-corrected chi connectivity index (χ1v) is 10.9. The molecule has 3 aromatic heterocycles. The third-order valence-corrected chi connectivity index (χ3v) is 6.29. The molecule has 0 radical (unpaired) electrons. The second-order valence-electron chi connectivity index (χ2n) is 7.43. The molecule has 1 aliphatic heterocycles. The number of carbonyl (C=O) groups excluding carboxylic acids is 1. The van der Waals surface area contributed by atoms with E-state index in [4.69, 9.17) is 0 Å². The lowest BCUT2D eigenvalue weighted by Gasteiger charge is -2.26. The normalized spacial score (nSPS) is 14.7. The van der Waals surface area contributed by atoms with Crippen LogP contribution in [0.3, 0.4) is 0 Å². The van der Waals surface area contributed by atoms with Crippen LogP contribution in [0.25, 0.3) is 22.4 Å². The van der Waals surface area contributed by atoms with Gasteiger partial charge >= 0.3 is 0 Å². The van der Waals surface area contributed by atoms with Crippen molar-refractivity contribution in [3.8, 4) is 11.3 Å². The number of hydrogen-bond donors (Lipinski definition) is 0. The van der Waals surface area contributed by atoms with Crippen molar-refractivity contribution in [1.82, 2.24) is 29.1 Å². The number of amides is 1. The smallest absolute Gasteiger partial charge is 0.233 e. The molecule has 1 fully saturated rings. The summed E-state index contributed by atoms with van der Waals surface area (Å²) in [5.41, 5.74) is 4.82. The van der Waals surface area contributed by atoms with Crippen LogP contribution < -0.4 is 0 Å². The van der Waals surface area contributed by atoms with E-state index in [9.17, 15) is 4.79 Å². The Hall–Kier alpha value is -2.87. The fourth-order valence-electron chi connectivity index (χ4n) is 3.72. The number of rotatable bonds is 4. The summed E-state index contributed by atoms with van der Waals surface area (Å²) in [6, 6.07) is 10.3. The number of benzene rings is 1. The highest BCUT2D eigenvalue weighted by Gasteiger charge is 2.18. The summed E-state index contributed by atoms with van der Waals surface area (Å²) in [5, 5.41) is 14.1. The Morgan fingerprint density at radius 3 is 2.66 bits per heavy atom. The highest BCUT2D eigenvalue weighted by Crippen LogP contribution is 2.25. The van der Waals surface area contributed by atoms with Crippen molar-refractivity contribution >= 4 is 28.8 Å². The van der Waals surface area contributed by atoms with Gasteiger partial charge in [-0.2, -0.15) is 5.10 Å². The largest absolute Gasteiger partial charge is 0.342 e. The third kappa shape index (κ3) is 3.48. The Morgan fingerprint density at radius 2 is 1.86 bits per heavy atom. The molecule has 0 saturated carbocycles. The maximum atomic E-state index is 12.5. The second kappa shape index (κ2) is 7.51. The average Bonchev–Trinajstić information content (AvgIpc) is 3.37. The number of piperidine rings is 1. The molecule has 5 rings (SSSR count). The number of fused-ring (bicyclic) bond motifs is 3. The molecule has 148 valence electrons. The zero-order chi connectivity index (χ0) is 19.8. The van der Waals surface area contributed by atoms with E-state index in [1.165, 1.54) is 23.7 Å². The van der Waals surface area contributed by atoms with Gasteiger partial charge in [-0.3, -0.25) is 9.20 Å². The number of carbonyl (C=O) groups is 1. The van der Waals surface area contributed by atoms with Gasteiger partial charge in [0.1, 0.15) is 5.52 Å². The Morgan fingerprint density at radius 1 is 1.07 bits per heavy atom. The molecule has 0 unspecified atom stereocenters. The Bertz CT molecular complexity index is 1170. The van der Waals surface area contributed by atoms with Crippen LogP contribution in [0.4, 0.5) is 0 Å². The molecule has 1 amide bonds. The highest BCUT2D eigenvalue weighted by atomic mass is 32.2. The van der Waals surface area contributed by atoms with Gasteiger partial charge in [-0.15, -0.1) is 10.2 Å². The fraction of sp³-hybridized carbons (Fsp3) is 0.333. The molecule has 0 bridgehead atoms. The summed E-state index contributed by atoms with van der Waals surface area (Å²) in [7, 11) is 0. The second-order valence-corrected chi connectivity index (χ2v) is 8.37. The first-order chi connectivity index (χ1) is 14.2. The molecular weight excluding hydrogens is 384 g/mol. The number of hydrogen-bond acceptors (Lipinski definition) is 5. The van der Waals surface area contributed by atoms with Gasteiger partial charge in [-0.1, -0.05) is 41.6 Å². The van der Waals surface area contributed by atoms with Gasteiger partial charge in [-0.05, 0) is 32.3 Å². The van der Waals surface area contributed by atoms with Crippen molar-refractivity contribution < 1.29 is 4.79 Å². The lowest BCUT2D eigenvalue weighted by atomic mass is 10.1. The molecule has 1 saturated heterocycles. The van der Waals surface area contributed by atoms with Crippen molar-refractivity contribution in [2.24, 2.45) is 0 Å². The summed E-state index contributed by atoms with van der Waals surface area (Å²) in [4.78, 5) is 14.4. The summed E-state index contributed by atoms with van der Waals surface area (Å²) < 4.78 is 3.76. The van der Waals surface area contributed by atoms with E-state index in [0.717, 1.165) is 53.5 Å². The van der Waals surface area contributed by atoms with Crippen LogP contribution >= 0.6 is 11.8 Å². The van der Waals surface area contributed by atoms with Crippen molar-refractivity contribution in [3.63, 3.8) is 0 Å². The molecule has 7 nitrogen and oxygen atoms in total. The minimum absolute atomic E-state index is 0.179. The van der Waals surface area contributed by atoms with Crippen LogP contribution in [0, 0.1) is 6.92 Å². The van der Waals surface area contributed by atoms with Gasteiger partial charge in [0.15, 0.2) is 10.8 Å². The lowest BCUT2D eigenvalue weighted by Crippen LogP contribution is -2.36. The first-order valence-electron chi connectivity index (χ1n) is 9.90. The van der Waals surface area contributed by atoms with Crippen LogP contribution in [-0.4, -0.2) is 53.9 Å². The van der Waals surface area contributed by atoms with Crippen molar-refractivity contribution in [3.05, 3.63) is 48.3 Å². The van der Waals surface area contributed by atoms with Gasteiger partial charge in [-0.25, -0.2) is 4.52 Å². The van der Waals surface area contributed by atoms with Gasteiger partial charge in [0.25, 0.3) is 0 Å². The summed E-state index contributed by atoms with van der Waals surface area (Å²) in [5.74, 6) is 0.568. The van der Waals surface area contributed by atoms with E-state index in [1.807, 2.05) is 32.3 Å². The third-order valence-electron chi connectivity index (χ3n) is 5.37. The summed E-state index contributed by atoms with van der Waals surface area (Å²) in [6.45, 7) is 3.82. The van der Waals surface area contributed by atoms with Gasteiger partial charge in [0.05, 0.1) is 11.4 Å². The van der Waals surface area contributed by atoms with Crippen molar-refractivity contribution in [2.75, 3.05) is 18.8 Å². The zero-order valence-corrected chi connectivity index (χ0v) is 17.1. The van der Waals surface area contributed by atoms with Crippen LogP contribution in [0.1, 0.15) is 24.8 Å². The predicted octanol–water partition coefficient (Wildman–Crippen LogP) is 3.46. The SMILES string of the molecule is Cc1ccc(-c2cc3c4nnc(SCC(=O)N5CCCCC5)n4ccn3n2)cc1. The molecular formula is C21H22N6OS. The average molecular weight is 407 g/mol. The van der Waals surface area contributed by atoms with E-state index in [2.05, 4.69) is 46.5 Å². The number of aromatic nitrogens is 5. The van der Waals surface area contributed by atoms with Crippen LogP contribution in [0.5, 0.6) is 0 Å². The molecule has 4 heterocycles. The fourth-order valence-corrected chi connectivity index (χ4v) is 4.54. The van der Waals surface area contributed by atoms with Crippen LogP contribution in [0.2, 0.25) is 0 Å². The van der Waals surface area contributed by atoms with Gasteiger partial charge < -0.3 is 4.90 Å². The molecule has 1 aliphatic rings. The number of aryl methyl sites for hydroxylation is 1. The molecule has 29 heavy (non-hydrogen) atoms. The molecule has 0 atom stereocenters. The van der Waals surface area contributed by atoms with Gasteiger partial charge in [0.2, 0.25) is 5.91 Å². The lowest BCUT2D eigenvalue weighted by molar-refractivity contribution is -0.129. The Labute approximate surface area is 172 Å². The standard InChI is InChI=1S/C21H22N6OS/c1-15-5-7-16(8-6-15)17-13-18-20-22-23-21(26(20)11-12-27(18)24-17)29-14-19(28)25-9-3-2-4-10-25/h5-8,11-13H,2-4,9-10,14H2,1H3. The van der Waals surface area contributed by atoms with E-state index in [-0.39, 0.29) is 5.91 Å². The monoisotopic (exact) mass is 406 g/mol. The molecule has 8 heteroatoms. The van der Waals surface area contributed by atoms with Crippen molar-refractivity contribution in [2.45, 2.75) is 31.3 Å². The van der Waals surface area contributed by atoms with E-state index >= 15 is 0 Å². The Kier molecular flexibility index (Phi) is 4.71. The minimum atomic E-state index is 0.179. The minimum Gasteiger partial charge on any atom is -0.342 e. The zero-order valence-electron chi connectivity index (χ0n) is 16.3. The first kappa shape index (κ1) is 18.2. The Balaban J connectivity index is 1.41. The van der Waals surface area contributed by atoms with Crippen LogP contribution in [-0.2, 0) is 4.79 Å². The highest BCUT2D eigenvalue weighted by molar-refractivity contribution is 7.99. The number of thioether (sulfide) groups is 1.